The third kappa shape index (κ3) is 4.56. The number of piperazine rings is 1. The van der Waals surface area contributed by atoms with Gasteiger partial charge in [0.05, 0.1) is 30.1 Å². The van der Waals surface area contributed by atoms with Crippen molar-refractivity contribution < 1.29 is 13.0 Å². The summed E-state index contributed by atoms with van der Waals surface area (Å²) in [5.41, 5.74) is 8.94. The van der Waals surface area contributed by atoms with E-state index in [1.165, 1.54) is 4.52 Å². The van der Waals surface area contributed by atoms with Gasteiger partial charge in [-0.2, -0.15) is 14.6 Å². The maximum atomic E-state index is 15.1. The second kappa shape index (κ2) is 10.2. The van der Waals surface area contributed by atoms with E-state index in [0.717, 1.165) is 43.8 Å². The van der Waals surface area contributed by atoms with E-state index < -0.39 is 10.8 Å². The predicted molar refractivity (Wildman–Crippen MR) is 151 cm³/mol. The molecule has 0 aliphatic carbocycles. The average Bonchev–Trinajstić information content (AvgIpc) is 3.73. The first-order valence-corrected chi connectivity index (χ1v) is 14.8. The van der Waals surface area contributed by atoms with Crippen molar-refractivity contribution in [1.29, 1.82) is 0 Å². The van der Waals surface area contributed by atoms with Crippen molar-refractivity contribution in [1.82, 2.24) is 34.3 Å². The molecule has 1 aromatic carbocycles. The summed E-state index contributed by atoms with van der Waals surface area (Å²) in [6.45, 7) is 5.92. The summed E-state index contributed by atoms with van der Waals surface area (Å²) >= 11 is 0. The van der Waals surface area contributed by atoms with Crippen LogP contribution in [0.3, 0.4) is 0 Å². The van der Waals surface area contributed by atoms with Gasteiger partial charge in [-0.3, -0.25) is 9.11 Å². The molecule has 0 spiro atoms. The van der Waals surface area contributed by atoms with Crippen LogP contribution in [0.15, 0.2) is 47.2 Å². The number of benzene rings is 1. The summed E-state index contributed by atoms with van der Waals surface area (Å²) in [6, 6.07) is 9.04. The van der Waals surface area contributed by atoms with Crippen molar-refractivity contribution in [3.05, 3.63) is 48.6 Å². The highest BCUT2D eigenvalue weighted by Gasteiger charge is 2.23. The molecule has 0 atom stereocenters. The first-order valence-electron chi connectivity index (χ1n) is 13.3. The number of nitrogen functional groups attached to an aromatic ring is 1. The molecule has 14 heteroatoms. The Bertz CT molecular complexity index is 1680. The molecule has 0 amide bonds. The number of fused-ring (bicyclic) bond motifs is 3. The zero-order valence-corrected chi connectivity index (χ0v) is 22.6. The lowest BCUT2D eigenvalue weighted by atomic mass is 10.2. The summed E-state index contributed by atoms with van der Waals surface area (Å²) in [5, 5.41) is 9.76. The molecule has 7 rings (SSSR count). The lowest BCUT2D eigenvalue weighted by Crippen LogP contribution is -2.47. The molecule has 0 bridgehead atoms. The van der Waals surface area contributed by atoms with Crippen LogP contribution < -0.4 is 15.5 Å². The normalized spacial score (nSPS) is 17.4. The summed E-state index contributed by atoms with van der Waals surface area (Å²) in [5.74, 6) is 2.29. The summed E-state index contributed by atoms with van der Waals surface area (Å²) in [6.07, 6.45) is 3.32. The quantitative estimate of drug-likeness (QED) is 0.326. The van der Waals surface area contributed by atoms with Crippen LogP contribution in [0.2, 0.25) is 0 Å². The minimum Gasteiger partial charge on any atom is -0.461 e. The number of halogens is 1. The molecule has 2 fully saturated rings. The van der Waals surface area contributed by atoms with Gasteiger partial charge in [0.2, 0.25) is 11.8 Å². The van der Waals surface area contributed by atoms with E-state index in [0.29, 0.717) is 59.7 Å². The van der Waals surface area contributed by atoms with Gasteiger partial charge in [-0.15, -0.1) is 5.10 Å². The van der Waals surface area contributed by atoms with Crippen LogP contribution in [0.1, 0.15) is 0 Å². The van der Waals surface area contributed by atoms with Gasteiger partial charge in [0.15, 0.2) is 17.1 Å². The Labute approximate surface area is 231 Å². The Hall–Kier alpha value is -4.04. The maximum Gasteiger partial charge on any atom is 0.225 e. The van der Waals surface area contributed by atoms with Gasteiger partial charge in [-0.25, -0.2) is 14.1 Å². The lowest BCUT2D eigenvalue weighted by Gasteiger charge is -2.36. The van der Waals surface area contributed by atoms with E-state index in [-0.39, 0.29) is 11.8 Å². The summed E-state index contributed by atoms with van der Waals surface area (Å²) in [4.78, 5) is 15.7. The predicted octanol–water partition coefficient (Wildman–Crippen LogP) is 1.85. The molecular formula is C26H29FN10O2S. The molecule has 2 aliphatic rings. The lowest BCUT2D eigenvalue weighted by molar-refractivity contribution is 0.245. The van der Waals surface area contributed by atoms with Crippen molar-refractivity contribution >= 4 is 44.8 Å². The van der Waals surface area contributed by atoms with Crippen LogP contribution in [0.5, 0.6) is 0 Å². The van der Waals surface area contributed by atoms with Gasteiger partial charge in [-0.05, 0) is 30.3 Å². The molecule has 2 aliphatic heterocycles. The van der Waals surface area contributed by atoms with E-state index in [1.807, 2.05) is 16.8 Å². The number of anilines is 3. The second-order valence-corrected chi connectivity index (χ2v) is 11.7. The Balaban J connectivity index is 0.998. The molecule has 4 aromatic heterocycles. The molecule has 0 saturated carbocycles. The Morgan fingerprint density at radius 1 is 0.975 bits per heavy atom. The number of hydrogen-bond donors (Lipinski definition) is 1. The van der Waals surface area contributed by atoms with Crippen LogP contribution in [0, 0.1) is 5.82 Å². The molecule has 2 N–H and O–H groups in total. The van der Waals surface area contributed by atoms with Gasteiger partial charge in [-0.1, -0.05) is 0 Å². The Morgan fingerprint density at radius 3 is 2.55 bits per heavy atom. The number of aromatic nitrogens is 6. The molecular weight excluding hydrogens is 535 g/mol. The fourth-order valence-electron chi connectivity index (χ4n) is 5.42. The number of rotatable bonds is 6. The fraction of sp³-hybridized carbons (Fsp3) is 0.385. The Morgan fingerprint density at radius 2 is 1.80 bits per heavy atom. The zero-order chi connectivity index (χ0) is 27.2. The molecule has 6 heterocycles. The minimum atomic E-state index is -0.754. The number of hydrogen-bond acceptors (Lipinski definition) is 10. The molecule has 5 aromatic rings. The van der Waals surface area contributed by atoms with E-state index in [4.69, 9.17) is 10.2 Å². The number of furan rings is 1. The fourth-order valence-corrected chi connectivity index (χ4v) is 6.48. The molecule has 0 radical (unpaired) electrons. The van der Waals surface area contributed by atoms with Crippen molar-refractivity contribution in [3.63, 3.8) is 0 Å². The van der Waals surface area contributed by atoms with E-state index in [2.05, 4.69) is 34.9 Å². The molecule has 12 nitrogen and oxygen atoms in total. The van der Waals surface area contributed by atoms with E-state index in [9.17, 15) is 4.21 Å². The van der Waals surface area contributed by atoms with Crippen LogP contribution in [-0.2, 0) is 17.3 Å². The summed E-state index contributed by atoms with van der Waals surface area (Å²) < 4.78 is 35.5. The van der Waals surface area contributed by atoms with Crippen LogP contribution >= 0.6 is 0 Å². The highest BCUT2D eigenvalue weighted by Crippen LogP contribution is 2.27. The zero-order valence-electron chi connectivity index (χ0n) is 21.8. The van der Waals surface area contributed by atoms with E-state index >= 15 is 4.39 Å². The van der Waals surface area contributed by atoms with Crippen LogP contribution in [0.4, 0.5) is 21.7 Å². The average molecular weight is 565 g/mol. The molecule has 2 saturated heterocycles. The Kier molecular flexibility index (Phi) is 6.35. The monoisotopic (exact) mass is 564 g/mol. The highest BCUT2D eigenvalue weighted by atomic mass is 32.2. The highest BCUT2D eigenvalue weighted by molar-refractivity contribution is 7.85. The third-order valence-corrected chi connectivity index (χ3v) is 8.93. The smallest absolute Gasteiger partial charge is 0.225 e. The van der Waals surface area contributed by atoms with Gasteiger partial charge >= 0.3 is 0 Å². The molecule has 0 unspecified atom stereocenters. The third-order valence-electron chi connectivity index (χ3n) is 7.65. The molecule has 208 valence electrons. The van der Waals surface area contributed by atoms with Crippen molar-refractivity contribution in [2.75, 3.05) is 72.9 Å². The standard InChI is InChI=1S/C26H29FN10O2S/c27-20-16-18(34-11-14-40(38)15-12-34)3-4-21(20)35-8-5-33(6-9-35)7-10-36-24-19(17-29-36)25-30-23(22-2-1-13-39-22)32-37(25)26(28)31-24/h1-4,13,16-17H,5-12,14-15H2,(H2,28,31). The second-order valence-electron chi connectivity index (χ2n) is 10.0. The van der Waals surface area contributed by atoms with Crippen LogP contribution in [-0.4, -0.2) is 95.8 Å². The largest absolute Gasteiger partial charge is 0.461 e. The van der Waals surface area contributed by atoms with Gasteiger partial charge in [0.25, 0.3) is 0 Å². The SMILES string of the molecule is Nc1nc2c(cnn2CCN2CCN(c3ccc(N4CCS(=O)CC4)cc3F)CC2)c2nc(-c3ccco3)nn12. The van der Waals surface area contributed by atoms with Crippen molar-refractivity contribution in [3.8, 4) is 11.6 Å². The van der Waals surface area contributed by atoms with Crippen LogP contribution in [0.25, 0.3) is 28.3 Å². The number of nitrogens with two attached hydrogens (primary N) is 1. The van der Waals surface area contributed by atoms with Gasteiger partial charge in [0, 0.05) is 73.8 Å². The van der Waals surface area contributed by atoms with Crippen molar-refractivity contribution in [2.24, 2.45) is 0 Å². The maximum absolute atomic E-state index is 15.1. The summed E-state index contributed by atoms with van der Waals surface area (Å²) in [7, 11) is -0.754. The van der Waals surface area contributed by atoms with Crippen molar-refractivity contribution in [2.45, 2.75) is 6.54 Å². The first kappa shape index (κ1) is 25.0. The van der Waals surface area contributed by atoms with Gasteiger partial charge < -0.3 is 20.0 Å². The first-order chi connectivity index (χ1) is 19.5. The minimum absolute atomic E-state index is 0.209. The van der Waals surface area contributed by atoms with E-state index in [1.54, 1.807) is 30.7 Å². The molecule has 40 heavy (non-hydrogen) atoms. The van der Waals surface area contributed by atoms with Gasteiger partial charge in [0.1, 0.15) is 5.82 Å². The number of nitrogens with zero attached hydrogens (tertiary/aromatic N) is 9. The topological polar surface area (TPSA) is 127 Å².